The Kier molecular flexibility index (Phi) is 7.48. The molecule has 0 saturated heterocycles. The first-order chi connectivity index (χ1) is 9.21. The van der Waals surface area contributed by atoms with Gasteiger partial charge in [0.15, 0.2) is 6.29 Å². The van der Waals surface area contributed by atoms with Crippen molar-refractivity contribution in [3.8, 4) is 5.75 Å². The smallest absolute Gasteiger partial charge is 0.160 e. The molecule has 0 amide bonds. The quantitative estimate of drug-likeness (QED) is 0.516. The van der Waals surface area contributed by atoms with Gasteiger partial charge in [0.25, 0.3) is 0 Å². The second-order valence-corrected chi connectivity index (χ2v) is 4.19. The van der Waals surface area contributed by atoms with Gasteiger partial charge < -0.3 is 14.2 Å². The Balaban J connectivity index is 2.45. The van der Waals surface area contributed by atoms with Crippen LogP contribution < -0.4 is 4.74 Å². The molecule has 0 spiro atoms. The third kappa shape index (κ3) is 5.59. The van der Waals surface area contributed by atoms with Crippen molar-refractivity contribution in [1.29, 1.82) is 0 Å². The highest BCUT2D eigenvalue weighted by atomic mass is 35.5. The van der Waals surface area contributed by atoms with Gasteiger partial charge in [-0.15, -0.1) is 0 Å². The summed E-state index contributed by atoms with van der Waals surface area (Å²) < 4.78 is 16.4. The fourth-order valence-electron chi connectivity index (χ4n) is 1.56. The van der Waals surface area contributed by atoms with Crippen LogP contribution in [0.3, 0.4) is 0 Å². The molecule has 0 N–H and O–H groups in total. The second-order valence-electron chi connectivity index (χ2n) is 3.79. The fraction of sp³-hybridized carbons (Fsp3) is 0.500. The molecule has 0 unspecified atom stereocenters. The molecule has 0 radical (unpaired) electrons. The van der Waals surface area contributed by atoms with Crippen LogP contribution in [-0.4, -0.2) is 32.4 Å². The lowest BCUT2D eigenvalue weighted by Crippen LogP contribution is -2.20. The Hall–Kier alpha value is -1.10. The van der Waals surface area contributed by atoms with Crippen molar-refractivity contribution < 1.29 is 19.0 Å². The molecule has 0 heterocycles. The van der Waals surface area contributed by atoms with Crippen molar-refractivity contribution in [1.82, 2.24) is 0 Å². The Labute approximate surface area is 118 Å². The Morgan fingerprint density at radius 2 is 1.95 bits per heavy atom. The zero-order chi connectivity index (χ0) is 14.1. The summed E-state index contributed by atoms with van der Waals surface area (Å²) in [7, 11) is 0. The van der Waals surface area contributed by atoms with Gasteiger partial charge in [0.05, 0.1) is 11.6 Å². The molecule has 0 aliphatic carbocycles. The number of benzene rings is 1. The molecule has 1 aromatic rings. The summed E-state index contributed by atoms with van der Waals surface area (Å²) in [5, 5.41) is 0.425. The van der Waals surface area contributed by atoms with Gasteiger partial charge in [0.1, 0.15) is 12.0 Å². The van der Waals surface area contributed by atoms with E-state index in [0.29, 0.717) is 42.6 Å². The van der Waals surface area contributed by atoms with Crippen LogP contribution in [0.5, 0.6) is 5.75 Å². The largest absolute Gasteiger partial charge is 0.492 e. The Morgan fingerprint density at radius 1 is 1.26 bits per heavy atom. The van der Waals surface area contributed by atoms with Crippen LogP contribution in [0.2, 0.25) is 5.02 Å². The first kappa shape index (κ1) is 16.0. The van der Waals surface area contributed by atoms with Crippen molar-refractivity contribution in [2.75, 3.05) is 19.8 Å². The van der Waals surface area contributed by atoms with Crippen LogP contribution >= 0.6 is 11.6 Å². The standard InChI is InChI=1S/C14H19ClO4/c1-3-17-14(18-4-2)7-8-19-13-6-5-11(10-16)9-12(13)15/h5-6,9-10,14H,3-4,7-8H2,1-2H3. The molecular weight excluding hydrogens is 268 g/mol. The van der Waals surface area contributed by atoms with E-state index in [-0.39, 0.29) is 6.29 Å². The molecule has 1 rings (SSSR count). The number of hydrogen-bond acceptors (Lipinski definition) is 4. The van der Waals surface area contributed by atoms with Crippen molar-refractivity contribution in [3.05, 3.63) is 28.8 Å². The van der Waals surface area contributed by atoms with Gasteiger partial charge in [0.2, 0.25) is 0 Å². The average Bonchev–Trinajstić information content (AvgIpc) is 2.41. The lowest BCUT2D eigenvalue weighted by atomic mass is 10.2. The molecule has 5 heteroatoms. The van der Waals surface area contributed by atoms with Crippen molar-refractivity contribution in [2.45, 2.75) is 26.6 Å². The van der Waals surface area contributed by atoms with Crippen LogP contribution in [0.4, 0.5) is 0 Å². The van der Waals surface area contributed by atoms with Crippen molar-refractivity contribution >= 4 is 17.9 Å². The second kappa shape index (κ2) is 8.91. The molecule has 0 aromatic heterocycles. The van der Waals surface area contributed by atoms with Crippen LogP contribution in [-0.2, 0) is 9.47 Å². The third-order valence-corrected chi connectivity index (χ3v) is 2.70. The average molecular weight is 287 g/mol. The van der Waals surface area contributed by atoms with E-state index in [1.54, 1.807) is 18.2 Å². The Morgan fingerprint density at radius 3 is 2.47 bits per heavy atom. The maximum atomic E-state index is 10.6. The molecular formula is C14H19ClO4. The maximum absolute atomic E-state index is 10.6. The van der Waals surface area contributed by atoms with Gasteiger partial charge in [-0.25, -0.2) is 0 Å². The molecule has 0 aliphatic rings. The minimum Gasteiger partial charge on any atom is -0.492 e. The highest BCUT2D eigenvalue weighted by Crippen LogP contribution is 2.25. The van der Waals surface area contributed by atoms with E-state index in [1.165, 1.54) is 0 Å². The molecule has 0 atom stereocenters. The number of carbonyl (C=O) groups is 1. The molecule has 4 nitrogen and oxygen atoms in total. The molecule has 0 saturated carbocycles. The lowest BCUT2D eigenvalue weighted by Gasteiger charge is -2.17. The lowest BCUT2D eigenvalue weighted by molar-refractivity contribution is -0.142. The van der Waals surface area contributed by atoms with E-state index >= 15 is 0 Å². The summed E-state index contributed by atoms with van der Waals surface area (Å²) in [6, 6.07) is 4.92. The molecule has 106 valence electrons. The van der Waals surface area contributed by atoms with Crippen LogP contribution in [0, 0.1) is 0 Å². The van der Waals surface area contributed by atoms with E-state index in [2.05, 4.69) is 0 Å². The number of carbonyl (C=O) groups excluding carboxylic acids is 1. The van der Waals surface area contributed by atoms with Gasteiger partial charge in [-0.05, 0) is 32.0 Å². The first-order valence-electron chi connectivity index (χ1n) is 6.32. The van der Waals surface area contributed by atoms with E-state index in [9.17, 15) is 4.79 Å². The summed E-state index contributed by atoms with van der Waals surface area (Å²) in [6.07, 6.45) is 1.10. The SMILES string of the molecule is CCOC(CCOc1ccc(C=O)cc1Cl)OCC. The summed E-state index contributed by atoms with van der Waals surface area (Å²) in [5.74, 6) is 0.555. The third-order valence-electron chi connectivity index (χ3n) is 2.41. The number of ether oxygens (including phenoxy) is 3. The highest BCUT2D eigenvalue weighted by molar-refractivity contribution is 6.32. The van der Waals surface area contributed by atoms with Crippen LogP contribution in [0.15, 0.2) is 18.2 Å². The molecule has 0 fully saturated rings. The van der Waals surface area contributed by atoms with E-state index in [4.69, 9.17) is 25.8 Å². The number of rotatable bonds is 9. The predicted molar refractivity (Wildman–Crippen MR) is 74.0 cm³/mol. The van der Waals surface area contributed by atoms with Gasteiger partial charge >= 0.3 is 0 Å². The summed E-state index contributed by atoms with van der Waals surface area (Å²) >= 11 is 6.00. The van der Waals surface area contributed by atoms with E-state index in [1.807, 2.05) is 13.8 Å². The van der Waals surface area contributed by atoms with Crippen LogP contribution in [0.25, 0.3) is 0 Å². The van der Waals surface area contributed by atoms with Gasteiger partial charge in [0, 0.05) is 25.2 Å². The number of aldehydes is 1. The summed E-state index contributed by atoms with van der Waals surface area (Å²) in [4.78, 5) is 10.6. The fourth-order valence-corrected chi connectivity index (χ4v) is 1.80. The minimum atomic E-state index is -0.261. The topological polar surface area (TPSA) is 44.8 Å². The molecule has 0 bridgehead atoms. The monoisotopic (exact) mass is 286 g/mol. The normalized spacial score (nSPS) is 10.7. The zero-order valence-corrected chi connectivity index (χ0v) is 12.0. The highest BCUT2D eigenvalue weighted by Gasteiger charge is 2.09. The van der Waals surface area contributed by atoms with E-state index < -0.39 is 0 Å². The van der Waals surface area contributed by atoms with Crippen molar-refractivity contribution in [2.24, 2.45) is 0 Å². The van der Waals surface area contributed by atoms with Crippen molar-refractivity contribution in [3.63, 3.8) is 0 Å². The predicted octanol–water partition coefficient (Wildman–Crippen LogP) is 3.32. The maximum Gasteiger partial charge on any atom is 0.160 e. The minimum absolute atomic E-state index is 0.261. The Bertz CT molecular complexity index is 389. The van der Waals surface area contributed by atoms with Crippen LogP contribution in [0.1, 0.15) is 30.6 Å². The molecule has 1 aromatic carbocycles. The molecule has 0 aliphatic heterocycles. The van der Waals surface area contributed by atoms with E-state index in [0.717, 1.165) is 6.29 Å². The summed E-state index contributed by atoms with van der Waals surface area (Å²) in [5.41, 5.74) is 0.527. The first-order valence-corrected chi connectivity index (χ1v) is 6.69. The molecule has 19 heavy (non-hydrogen) atoms. The zero-order valence-electron chi connectivity index (χ0n) is 11.2. The van der Waals surface area contributed by atoms with Gasteiger partial charge in [-0.1, -0.05) is 11.6 Å². The summed E-state index contributed by atoms with van der Waals surface area (Å²) in [6.45, 7) is 5.47. The number of halogens is 1. The number of hydrogen-bond donors (Lipinski definition) is 0. The van der Waals surface area contributed by atoms with Gasteiger partial charge in [-0.2, -0.15) is 0 Å². The van der Waals surface area contributed by atoms with Gasteiger partial charge in [-0.3, -0.25) is 4.79 Å².